The molecule has 0 aromatic heterocycles. The first-order chi connectivity index (χ1) is 9.89. The van der Waals surface area contributed by atoms with Crippen molar-refractivity contribution in [3.8, 4) is 0 Å². The molecule has 23 heavy (non-hydrogen) atoms. The third-order valence-electron chi connectivity index (χ3n) is 6.85. The smallest absolute Gasteiger partial charge is 0.0595 e. The number of benzene rings is 1. The lowest BCUT2D eigenvalue weighted by Gasteiger charge is -2.56. The van der Waals surface area contributed by atoms with Gasteiger partial charge in [0.05, 0.1) is 15.5 Å². The molecular weight excluding hydrogens is 300 g/mol. The Kier molecular flexibility index (Phi) is 6.52. The summed E-state index contributed by atoms with van der Waals surface area (Å²) in [6.45, 7) is 22.1. The summed E-state index contributed by atoms with van der Waals surface area (Å²) in [6.07, 6.45) is 0. The summed E-state index contributed by atoms with van der Waals surface area (Å²) >= 11 is 0. The summed E-state index contributed by atoms with van der Waals surface area (Å²) in [5, 5.41) is 0. The molecule has 1 aromatic carbocycles. The SMILES string of the molecule is C.CC.CC1(C)c2ccccc2S(=O)C(C)(C)C(C)(C)C1(C)C. The van der Waals surface area contributed by atoms with Gasteiger partial charge in [0.15, 0.2) is 0 Å². The molecule has 1 unspecified atom stereocenters. The van der Waals surface area contributed by atoms with Crippen LogP contribution in [-0.2, 0) is 16.2 Å². The highest BCUT2D eigenvalue weighted by molar-refractivity contribution is 7.86. The molecule has 1 atom stereocenters. The molecule has 0 saturated carbocycles. The first-order valence-electron chi connectivity index (χ1n) is 8.40. The van der Waals surface area contributed by atoms with E-state index in [1.54, 1.807) is 0 Å². The van der Waals surface area contributed by atoms with Crippen LogP contribution in [0.5, 0.6) is 0 Å². The molecule has 2 heteroatoms. The van der Waals surface area contributed by atoms with Crippen molar-refractivity contribution in [3.05, 3.63) is 29.8 Å². The Morgan fingerprint density at radius 1 is 0.783 bits per heavy atom. The molecule has 0 spiro atoms. The van der Waals surface area contributed by atoms with Gasteiger partial charge in [0.25, 0.3) is 0 Å². The van der Waals surface area contributed by atoms with Gasteiger partial charge in [-0.3, -0.25) is 4.21 Å². The monoisotopic (exact) mass is 338 g/mol. The molecule has 1 aliphatic heterocycles. The van der Waals surface area contributed by atoms with Crippen molar-refractivity contribution in [2.45, 2.75) is 91.7 Å². The van der Waals surface area contributed by atoms with E-state index in [-0.39, 0.29) is 28.4 Å². The fraction of sp³-hybridized carbons (Fsp3) is 0.714. The Bertz CT molecular complexity index is 565. The molecular formula is C21H38OS. The summed E-state index contributed by atoms with van der Waals surface area (Å²) in [5.41, 5.74) is 1.16. The standard InChI is InChI=1S/C18H28OS.C2H6.CH4/c1-15(2)13-11-9-10-12-14(13)20(19)18(7,8)17(5,6)16(15,3)4;1-2;/h9-12H,1-8H3;1-2H3;1H4. The lowest BCUT2D eigenvalue weighted by molar-refractivity contribution is 0.00706. The quantitative estimate of drug-likeness (QED) is 0.522. The summed E-state index contributed by atoms with van der Waals surface area (Å²) in [5.74, 6) is 0. The number of rotatable bonds is 0. The molecule has 1 nitrogen and oxygen atoms in total. The molecule has 1 heterocycles. The van der Waals surface area contributed by atoms with E-state index in [0.717, 1.165) is 4.90 Å². The van der Waals surface area contributed by atoms with Crippen molar-refractivity contribution in [2.24, 2.45) is 10.8 Å². The highest BCUT2D eigenvalue weighted by Gasteiger charge is 2.60. The molecule has 2 rings (SSSR count). The largest absolute Gasteiger partial charge is 0.254 e. The fourth-order valence-electron chi connectivity index (χ4n) is 3.52. The molecule has 0 N–H and O–H groups in total. The second-order valence-electron chi connectivity index (χ2n) is 8.15. The van der Waals surface area contributed by atoms with Crippen molar-refractivity contribution in [1.82, 2.24) is 0 Å². The van der Waals surface area contributed by atoms with E-state index >= 15 is 0 Å². The lowest BCUT2D eigenvalue weighted by atomic mass is 9.50. The average Bonchev–Trinajstić information content (AvgIpc) is 2.48. The molecule has 0 radical (unpaired) electrons. The maximum Gasteiger partial charge on any atom is 0.0595 e. The van der Waals surface area contributed by atoms with Crippen LogP contribution < -0.4 is 0 Å². The van der Waals surface area contributed by atoms with Gasteiger partial charge in [-0.2, -0.15) is 0 Å². The minimum Gasteiger partial charge on any atom is -0.254 e. The minimum absolute atomic E-state index is 0. The van der Waals surface area contributed by atoms with Gasteiger partial charge in [-0.25, -0.2) is 0 Å². The van der Waals surface area contributed by atoms with Crippen molar-refractivity contribution >= 4 is 10.8 Å². The van der Waals surface area contributed by atoms with Crippen molar-refractivity contribution < 1.29 is 4.21 Å². The Balaban J connectivity index is 0.00000155. The molecule has 134 valence electrons. The van der Waals surface area contributed by atoms with Gasteiger partial charge in [-0.05, 0) is 41.7 Å². The molecule has 0 bridgehead atoms. The lowest BCUT2D eigenvalue weighted by Crippen LogP contribution is -2.55. The van der Waals surface area contributed by atoms with E-state index in [1.165, 1.54) is 5.56 Å². The van der Waals surface area contributed by atoms with Crippen LogP contribution in [0, 0.1) is 10.8 Å². The van der Waals surface area contributed by atoms with E-state index in [0.29, 0.717) is 0 Å². The Morgan fingerprint density at radius 2 is 1.22 bits per heavy atom. The first-order valence-corrected chi connectivity index (χ1v) is 9.55. The normalized spacial score (nSPS) is 25.7. The van der Waals surface area contributed by atoms with Crippen LogP contribution in [-0.4, -0.2) is 8.96 Å². The maximum absolute atomic E-state index is 13.3. The molecule has 1 aromatic rings. The minimum atomic E-state index is -1.01. The summed E-state index contributed by atoms with van der Waals surface area (Å²) in [6, 6.07) is 8.28. The predicted octanol–water partition coefficient (Wildman–Crippen LogP) is 6.58. The predicted molar refractivity (Wildman–Crippen MR) is 106 cm³/mol. The topological polar surface area (TPSA) is 17.1 Å². The average molecular weight is 339 g/mol. The summed E-state index contributed by atoms with van der Waals surface area (Å²) in [7, 11) is -1.01. The van der Waals surface area contributed by atoms with Crippen LogP contribution in [0.2, 0.25) is 0 Å². The van der Waals surface area contributed by atoms with E-state index in [1.807, 2.05) is 26.0 Å². The molecule has 0 fully saturated rings. The maximum atomic E-state index is 13.3. The second kappa shape index (κ2) is 6.70. The van der Waals surface area contributed by atoms with E-state index in [2.05, 4.69) is 67.5 Å². The van der Waals surface area contributed by atoms with Gasteiger partial charge in [0.2, 0.25) is 0 Å². The van der Waals surface area contributed by atoms with E-state index in [4.69, 9.17) is 0 Å². The Labute approximate surface area is 147 Å². The zero-order valence-corrected chi connectivity index (χ0v) is 16.9. The summed E-state index contributed by atoms with van der Waals surface area (Å²) < 4.78 is 13.0. The Hall–Kier alpha value is -0.630. The van der Waals surface area contributed by atoms with Gasteiger partial charge in [-0.15, -0.1) is 0 Å². The Morgan fingerprint density at radius 3 is 1.70 bits per heavy atom. The van der Waals surface area contributed by atoms with Crippen LogP contribution in [0.15, 0.2) is 29.2 Å². The third kappa shape index (κ3) is 2.81. The van der Waals surface area contributed by atoms with Crippen LogP contribution in [0.4, 0.5) is 0 Å². The molecule has 0 saturated heterocycles. The highest BCUT2D eigenvalue weighted by atomic mass is 32.2. The summed E-state index contributed by atoms with van der Waals surface area (Å²) in [4.78, 5) is 1.01. The fourth-order valence-corrected chi connectivity index (χ4v) is 5.52. The number of fused-ring (bicyclic) bond motifs is 1. The van der Waals surface area contributed by atoms with Gasteiger partial charge in [0.1, 0.15) is 0 Å². The van der Waals surface area contributed by atoms with Gasteiger partial charge >= 0.3 is 0 Å². The highest BCUT2D eigenvalue weighted by Crippen LogP contribution is 2.61. The first kappa shape index (κ1) is 22.4. The van der Waals surface area contributed by atoms with Gasteiger partial charge in [-0.1, -0.05) is 81.0 Å². The molecule has 0 aliphatic carbocycles. The van der Waals surface area contributed by atoms with Crippen molar-refractivity contribution in [3.63, 3.8) is 0 Å². The van der Waals surface area contributed by atoms with Crippen LogP contribution in [0.3, 0.4) is 0 Å². The third-order valence-corrected chi connectivity index (χ3v) is 9.05. The molecule has 1 aliphatic rings. The van der Waals surface area contributed by atoms with Crippen LogP contribution in [0.25, 0.3) is 0 Å². The zero-order chi connectivity index (χ0) is 17.6. The van der Waals surface area contributed by atoms with Crippen LogP contribution in [0.1, 0.15) is 82.2 Å². The number of hydrogen-bond donors (Lipinski definition) is 0. The van der Waals surface area contributed by atoms with E-state index in [9.17, 15) is 4.21 Å². The number of hydrogen-bond acceptors (Lipinski definition) is 1. The van der Waals surface area contributed by atoms with E-state index < -0.39 is 10.8 Å². The molecule has 0 amide bonds. The second-order valence-corrected chi connectivity index (χ2v) is 10.1. The van der Waals surface area contributed by atoms with Gasteiger partial charge in [0, 0.05) is 4.90 Å². The van der Waals surface area contributed by atoms with Crippen LogP contribution >= 0.6 is 0 Å². The van der Waals surface area contributed by atoms with Crippen molar-refractivity contribution in [1.29, 1.82) is 0 Å². The zero-order valence-electron chi connectivity index (χ0n) is 16.1. The van der Waals surface area contributed by atoms with Gasteiger partial charge < -0.3 is 0 Å². The van der Waals surface area contributed by atoms with Crippen molar-refractivity contribution in [2.75, 3.05) is 0 Å².